The Hall–Kier alpha value is -1.02. The van der Waals surface area contributed by atoms with Gasteiger partial charge in [-0.3, -0.25) is 0 Å². The lowest BCUT2D eigenvalue weighted by Gasteiger charge is -2.03. The molecule has 0 amide bonds. The van der Waals surface area contributed by atoms with E-state index in [-0.39, 0.29) is 0 Å². The maximum atomic E-state index is 3.33. The molecule has 2 nitrogen and oxygen atoms in total. The molecule has 1 aliphatic rings. The van der Waals surface area contributed by atoms with Gasteiger partial charge in [-0.05, 0) is 17.7 Å². The van der Waals surface area contributed by atoms with Crippen LogP contribution in [0, 0.1) is 6.07 Å². The van der Waals surface area contributed by atoms with E-state index in [2.05, 4.69) is 22.8 Å². The summed E-state index contributed by atoms with van der Waals surface area (Å²) in [4.78, 5) is 0. The number of benzene rings is 1. The van der Waals surface area contributed by atoms with Crippen LogP contribution in [0.15, 0.2) is 18.2 Å². The van der Waals surface area contributed by atoms with Crippen molar-refractivity contribution in [1.29, 1.82) is 0 Å². The molecule has 0 spiro atoms. The van der Waals surface area contributed by atoms with E-state index in [1.165, 1.54) is 11.3 Å². The Balaban J connectivity index is 2.33. The molecule has 0 fully saturated rings. The first kappa shape index (κ1) is 6.68. The molecule has 0 saturated heterocycles. The number of fused-ring (bicyclic) bond motifs is 1. The quantitative estimate of drug-likeness (QED) is 0.572. The number of hydrogen-bond donors (Lipinski definition) is 2. The van der Waals surface area contributed by atoms with Gasteiger partial charge in [0.05, 0.1) is 0 Å². The first-order chi connectivity index (χ1) is 5.47. The molecule has 57 valence electrons. The Bertz CT molecular complexity index is 220. The van der Waals surface area contributed by atoms with E-state index in [1.54, 1.807) is 0 Å². The zero-order chi connectivity index (χ0) is 7.52. The van der Waals surface area contributed by atoms with E-state index >= 15 is 0 Å². The highest BCUT2D eigenvalue weighted by molar-refractivity contribution is 5.51. The molecule has 2 heteroatoms. The van der Waals surface area contributed by atoms with Crippen molar-refractivity contribution in [3.8, 4) is 0 Å². The summed E-state index contributed by atoms with van der Waals surface area (Å²) >= 11 is 0. The molecule has 0 aromatic heterocycles. The van der Waals surface area contributed by atoms with E-state index in [9.17, 15) is 0 Å². The smallest absolute Gasteiger partial charge is 0.0392 e. The van der Waals surface area contributed by atoms with E-state index in [4.69, 9.17) is 0 Å². The zero-order valence-corrected chi connectivity index (χ0v) is 6.35. The summed E-state index contributed by atoms with van der Waals surface area (Å²) in [6.07, 6.45) is 0. The molecule has 0 bridgehead atoms. The lowest BCUT2D eigenvalue weighted by atomic mass is 10.2. The van der Waals surface area contributed by atoms with Crippen LogP contribution in [0.1, 0.15) is 5.56 Å². The van der Waals surface area contributed by atoms with Crippen molar-refractivity contribution in [2.45, 2.75) is 6.54 Å². The second-order valence-corrected chi connectivity index (χ2v) is 2.67. The van der Waals surface area contributed by atoms with Crippen molar-refractivity contribution in [3.63, 3.8) is 0 Å². The minimum atomic E-state index is 0.934. The molecule has 2 rings (SSSR count). The molecule has 1 heterocycles. The lowest BCUT2D eigenvalue weighted by Crippen LogP contribution is -2.16. The fourth-order valence-electron chi connectivity index (χ4n) is 1.28. The summed E-state index contributed by atoms with van der Waals surface area (Å²) in [6.45, 7) is 2.97. The third kappa shape index (κ3) is 1.35. The van der Waals surface area contributed by atoms with Crippen LogP contribution in [0.4, 0.5) is 5.69 Å². The average Bonchev–Trinajstić information content (AvgIpc) is 2.28. The lowest BCUT2D eigenvalue weighted by molar-refractivity contribution is 0.724. The zero-order valence-electron chi connectivity index (χ0n) is 6.35. The van der Waals surface area contributed by atoms with Gasteiger partial charge >= 0.3 is 0 Å². The van der Waals surface area contributed by atoms with Crippen molar-refractivity contribution in [3.05, 3.63) is 29.8 Å². The third-order valence-electron chi connectivity index (χ3n) is 1.86. The minimum absolute atomic E-state index is 0.934. The summed E-state index contributed by atoms with van der Waals surface area (Å²) in [6, 6.07) is 9.26. The molecule has 0 unspecified atom stereocenters. The predicted molar refractivity (Wildman–Crippen MR) is 45.5 cm³/mol. The van der Waals surface area contributed by atoms with Crippen LogP contribution in [0.25, 0.3) is 0 Å². The summed E-state index contributed by atoms with van der Waals surface area (Å²) in [5.74, 6) is 0. The molecule has 1 aliphatic heterocycles. The van der Waals surface area contributed by atoms with Crippen LogP contribution >= 0.6 is 0 Å². The van der Waals surface area contributed by atoms with Gasteiger partial charge < -0.3 is 10.6 Å². The third-order valence-corrected chi connectivity index (χ3v) is 1.86. The second-order valence-electron chi connectivity index (χ2n) is 2.67. The van der Waals surface area contributed by atoms with Gasteiger partial charge in [-0.2, -0.15) is 0 Å². The summed E-state index contributed by atoms with van der Waals surface area (Å²) < 4.78 is 0. The molecule has 2 N–H and O–H groups in total. The van der Waals surface area contributed by atoms with Crippen LogP contribution in [0.5, 0.6) is 0 Å². The van der Waals surface area contributed by atoms with Crippen molar-refractivity contribution < 1.29 is 0 Å². The molecule has 0 atom stereocenters. The molecule has 11 heavy (non-hydrogen) atoms. The number of anilines is 1. The van der Waals surface area contributed by atoms with Gasteiger partial charge in [0, 0.05) is 25.3 Å². The highest BCUT2D eigenvalue weighted by Crippen LogP contribution is 2.14. The van der Waals surface area contributed by atoms with E-state index in [1.807, 2.05) is 12.1 Å². The molecule has 1 aromatic carbocycles. The van der Waals surface area contributed by atoms with Crippen LogP contribution in [0.2, 0.25) is 0 Å². The van der Waals surface area contributed by atoms with Gasteiger partial charge in [0.25, 0.3) is 0 Å². The Morgan fingerprint density at radius 3 is 3.36 bits per heavy atom. The topological polar surface area (TPSA) is 24.1 Å². The van der Waals surface area contributed by atoms with Gasteiger partial charge in [0.1, 0.15) is 0 Å². The predicted octanol–water partition coefficient (Wildman–Crippen LogP) is 1.00. The van der Waals surface area contributed by atoms with E-state index < -0.39 is 0 Å². The molecule has 0 aliphatic carbocycles. The SMILES string of the molecule is [c]1cccc2c1CNCCN2. The van der Waals surface area contributed by atoms with Gasteiger partial charge in [0.2, 0.25) is 0 Å². The number of nitrogens with one attached hydrogen (secondary N) is 2. The maximum absolute atomic E-state index is 3.33. The van der Waals surface area contributed by atoms with E-state index in [0.29, 0.717) is 0 Å². The first-order valence-corrected chi connectivity index (χ1v) is 3.91. The Morgan fingerprint density at radius 1 is 1.36 bits per heavy atom. The average molecular weight is 147 g/mol. The Labute approximate surface area is 66.6 Å². The monoisotopic (exact) mass is 147 g/mol. The molecule has 1 aromatic rings. The second kappa shape index (κ2) is 2.93. The summed E-state index contributed by atoms with van der Waals surface area (Å²) in [7, 11) is 0. The fraction of sp³-hybridized carbons (Fsp3) is 0.333. The van der Waals surface area contributed by atoms with Gasteiger partial charge in [-0.15, -0.1) is 0 Å². The molecular weight excluding hydrogens is 136 g/mol. The van der Waals surface area contributed by atoms with Gasteiger partial charge in [-0.1, -0.05) is 12.1 Å². The molecule has 0 saturated carbocycles. The molecular formula is C9H11N2. The molecule has 1 radical (unpaired) electrons. The Morgan fingerprint density at radius 2 is 2.36 bits per heavy atom. The number of hydrogen-bond acceptors (Lipinski definition) is 2. The standard InChI is InChI=1S/C9H11N2/c1-2-4-9-8(3-1)7-10-5-6-11-9/h1-2,4,10-11H,5-7H2. The maximum Gasteiger partial charge on any atom is 0.0392 e. The van der Waals surface area contributed by atoms with Crippen molar-refractivity contribution in [1.82, 2.24) is 5.32 Å². The fourth-order valence-corrected chi connectivity index (χ4v) is 1.28. The highest BCUT2D eigenvalue weighted by Gasteiger charge is 2.03. The van der Waals surface area contributed by atoms with Crippen LogP contribution in [-0.2, 0) is 6.54 Å². The first-order valence-electron chi connectivity index (χ1n) is 3.91. The normalized spacial score (nSPS) is 16.4. The van der Waals surface area contributed by atoms with Crippen molar-refractivity contribution in [2.24, 2.45) is 0 Å². The van der Waals surface area contributed by atoms with E-state index in [0.717, 1.165) is 19.6 Å². The Kier molecular flexibility index (Phi) is 1.78. The van der Waals surface area contributed by atoms with Crippen LogP contribution in [-0.4, -0.2) is 13.1 Å². The van der Waals surface area contributed by atoms with Crippen molar-refractivity contribution in [2.75, 3.05) is 18.4 Å². The summed E-state index contributed by atoms with van der Waals surface area (Å²) in [5.41, 5.74) is 2.46. The van der Waals surface area contributed by atoms with Gasteiger partial charge in [0.15, 0.2) is 0 Å². The van der Waals surface area contributed by atoms with Crippen molar-refractivity contribution >= 4 is 5.69 Å². The number of rotatable bonds is 0. The highest BCUT2D eigenvalue weighted by atomic mass is 15.0. The minimum Gasteiger partial charge on any atom is -0.383 e. The summed E-state index contributed by atoms with van der Waals surface area (Å²) in [5, 5.41) is 6.64. The largest absolute Gasteiger partial charge is 0.383 e. The van der Waals surface area contributed by atoms with Crippen LogP contribution < -0.4 is 10.6 Å². The van der Waals surface area contributed by atoms with Gasteiger partial charge in [-0.25, -0.2) is 0 Å². The van der Waals surface area contributed by atoms with Crippen LogP contribution in [0.3, 0.4) is 0 Å².